The molecule has 4 heteroatoms. The number of aldehydes is 1. The number of carbonyl (C=O) groups is 1. The predicted octanol–water partition coefficient (Wildman–Crippen LogP) is -2.21. The third kappa shape index (κ3) is 2.31. The largest absolute Gasteiger partial charge is 1.00 e. The van der Waals surface area contributed by atoms with Crippen LogP contribution in [0.2, 0.25) is 0 Å². The molecule has 0 aromatic rings. The van der Waals surface area contributed by atoms with Crippen LogP contribution in [-0.4, -0.2) is 17.8 Å². The van der Waals surface area contributed by atoms with Crippen molar-refractivity contribution >= 4 is 23.9 Å². The summed E-state index contributed by atoms with van der Waals surface area (Å²) in [6, 6.07) is 0. The zero-order chi connectivity index (χ0) is 5.11. The molecule has 0 unspecified atom stereocenters. The van der Waals surface area contributed by atoms with Gasteiger partial charge in [0.05, 0.1) is 5.71 Å². The van der Waals surface area contributed by atoms with E-state index in [4.69, 9.17) is 0 Å². The van der Waals surface area contributed by atoms with Gasteiger partial charge in [-0.25, -0.2) is 4.40 Å². The minimum atomic E-state index is 0. The fourth-order valence-corrected chi connectivity index (χ4v) is 1.10. The Bertz CT molecular complexity index is 119. The summed E-state index contributed by atoms with van der Waals surface area (Å²) in [4.78, 5) is 9.86. The van der Waals surface area contributed by atoms with E-state index in [1.165, 1.54) is 11.9 Å². The van der Waals surface area contributed by atoms with E-state index in [0.717, 1.165) is 18.5 Å². The fourth-order valence-electron chi connectivity index (χ4n) is 0.405. The van der Waals surface area contributed by atoms with Crippen LogP contribution in [0.5, 0.6) is 0 Å². The molecule has 0 aromatic heterocycles. The van der Waals surface area contributed by atoms with Crippen molar-refractivity contribution in [1.82, 2.24) is 0 Å². The van der Waals surface area contributed by atoms with Gasteiger partial charge in [-0.1, -0.05) is 0 Å². The van der Waals surface area contributed by atoms with Crippen molar-refractivity contribution < 1.29 is 35.8 Å². The van der Waals surface area contributed by atoms with Crippen LogP contribution in [0.15, 0.2) is 4.40 Å². The fraction of sp³-hybridized carbons (Fsp3) is 0.500. The van der Waals surface area contributed by atoms with E-state index in [2.05, 4.69) is 4.40 Å². The molecule has 0 radical (unpaired) electrons. The quantitative estimate of drug-likeness (QED) is 0.234. The molecular weight excluding hydrogens is 133 g/mol. The van der Waals surface area contributed by atoms with Crippen LogP contribution in [0, 0.1) is 0 Å². The number of hydrogen-bond acceptors (Lipinski definition) is 3. The van der Waals surface area contributed by atoms with Gasteiger partial charge in [-0.05, 0) is 11.9 Å². The minimum Gasteiger partial charge on any atom is -1.00 e. The van der Waals surface area contributed by atoms with E-state index in [1.54, 1.807) is 0 Å². The molecule has 0 bridgehead atoms. The molecule has 1 aliphatic heterocycles. The summed E-state index contributed by atoms with van der Waals surface area (Å²) in [5.41, 5.74) is 0.699. The number of rotatable bonds is 1. The summed E-state index contributed by atoms with van der Waals surface area (Å²) in [7, 11) is 0. The van der Waals surface area contributed by atoms with Gasteiger partial charge in [0.2, 0.25) is 0 Å². The first-order valence-electron chi connectivity index (χ1n) is 2.07. The maximum Gasteiger partial charge on any atom is 1.00 e. The summed E-state index contributed by atoms with van der Waals surface area (Å²) in [5, 5.41) is 0. The van der Waals surface area contributed by atoms with Crippen molar-refractivity contribution in [3.8, 4) is 0 Å². The van der Waals surface area contributed by atoms with E-state index in [1.807, 2.05) is 0 Å². The second kappa shape index (κ2) is 4.56. The standard InChI is InChI=1S/C4H5NOS.Na.H/c6-3-4-1-2-7-5-4;;/h3H,1-2H2;;/q;+1;-1. The van der Waals surface area contributed by atoms with Gasteiger partial charge in [0.1, 0.15) is 0 Å². The average Bonchev–Trinajstić information content (AvgIpc) is 2.14. The van der Waals surface area contributed by atoms with Crippen molar-refractivity contribution in [2.75, 3.05) is 5.75 Å². The van der Waals surface area contributed by atoms with Crippen molar-refractivity contribution in [3.63, 3.8) is 0 Å². The van der Waals surface area contributed by atoms with Crippen molar-refractivity contribution in [2.24, 2.45) is 4.40 Å². The Morgan fingerprint density at radius 2 is 2.62 bits per heavy atom. The maximum atomic E-state index is 9.86. The molecule has 1 heterocycles. The van der Waals surface area contributed by atoms with E-state index >= 15 is 0 Å². The van der Waals surface area contributed by atoms with Gasteiger partial charge in [-0.15, -0.1) is 0 Å². The Labute approximate surface area is 76.0 Å². The van der Waals surface area contributed by atoms with Gasteiger partial charge >= 0.3 is 29.6 Å². The van der Waals surface area contributed by atoms with Crippen LogP contribution in [0.3, 0.4) is 0 Å². The van der Waals surface area contributed by atoms with Crippen molar-refractivity contribution in [1.29, 1.82) is 0 Å². The first kappa shape index (κ1) is 8.69. The molecule has 1 rings (SSSR count). The van der Waals surface area contributed by atoms with E-state index in [0.29, 0.717) is 5.71 Å². The summed E-state index contributed by atoms with van der Waals surface area (Å²) in [6.07, 6.45) is 1.67. The molecule has 0 fully saturated rings. The summed E-state index contributed by atoms with van der Waals surface area (Å²) in [6.45, 7) is 0. The Balaban J connectivity index is 0. The number of hydrogen-bond donors (Lipinski definition) is 0. The Kier molecular flexibility index (Phi) is 4.95. The first-order valence-corrected chi connectivity index (χ1v) is 3.02. The number of carbonyl (C=O) groups excluding carboxylic acids is 1. The summed E-state index contributed by atoms with van der Waals surface area (Å²) < 4.78 is 3.82. The zero-order valence-corrected chi connectivity index (χ0v) is 7.57. The third-order valence-corrected chi connectivity index (χ3v) is 1.52. The van der Waals surface area contributed by atoms with Gasteiger partial charge in [0.25, 0.3) is 0 Å². The molecule has 0 spiro atoms. The number of nitrogens with zero attached hydrogens (tertiary/aromatic N) is 1. The van der Waals surface area contributed by atoms with Crippen LogP contribution in [-0.2, 0) is 4.79 Å². The maximum absolute atomic E-state index is 9.86. The first-order chi connectivity index (χ1) is 3.43. The van der Waals surface area contributed by atoms with Gasteiger partial charge in [0, 0.05) is 12.2 Å². The predicted molar refractivity (Wildman–Crippen MR) is 31.7 cm³/mol. The monoisotopic (exact) mass is 139 g/mol. The Hall–Kier alpha value is 0.690. The normalized spacial score (nSPS) is 16.8. The van der Waals surface area contributed by atoms with Crippen LogP contribution in [0.1, 0.15) is 7.85 Å². The molecule has 8 heavy (non-hydrogen) atoms. The zero-order valence-electron chi connectivity index (χ0n) is 5.76. The van der Waals surface area contributed by atoms with Gasteiger partial charge in [-0.3, -0.25) is 4.79 Å². The molecule has 0 atom stereocenters. The van der Waals surface area contributed by atoms with Crippen LogP contribution < -0.4 is 29.6 Å². The molecule has 40 valence electrons. The van der Waals surface area contributed by atoms with E-state index in [-0.39, 0.29) is 31.0 Å². The molecule has 1 aliphatic rings. The van der Waals surface area contributed by atoms with E-state index < -0.39 is 0 Å². The Morgan fingerprint density at radius 1 is 1.88 bits per heavy atom. The molecule has 0 aliphatic carbocycles. The Morgan fingerprint density at radius 3 is 2.88 bits per heavy atom. The van der Waals surface area contributed by atoms with Crippen molar-refractivity contribution in [2.45, 2.75) is 6.42 Å². The minimum absolute atomic E-state index is 0. The summed E-state index contributed by atoms with van der Waals surface area (Å²) in [5.74, 6) is 0.980. The molecule has 0 aromatic carbocycles. The van der Waals surface area contributed by atoms with E-state index in [9.17, 15) is 4.79 Å². The molecular formula is C4H6NNaOS. The topological polar surface area (TPSA) is 29.4 Å². The molecule has 2 nitrogen and oxygen atoms in total. The second-order valence-electron chi connectivity index (χ2n) is 1.28. The van der Waals surface area contributed by atoms with Gasteiger partial charge in [-0.2, -0.15) is 0 Å². The van der Waals surface area contributed by atoms with Crippen molar-refractivity contribution in [3.05, 3.63) is 0 Å². The molecule has 0 amide bonds. The summed E-state index contributed by atoms with van der Waals surface area (Å²) >= 11 is 1.46. The molecule has 0 saturated carbocycles. The van der Waals surface area contributed by atoms with Gasteiger partial charge < -0.3 is 1.43 Å². The van der Waals surface area contributed by atoms with Gasteiger partial charge in [0.15, 0.2) is 6.29 Å². The van der Waals surface area contributed by atoms with Crippen LogP contribution in [0.25, 0.3) is 0 Å². The third-order valence-electron chi connectivity index (χ3n) is 0.767. The molecule has 0 saturated heterocycles. The molecule has 0 N–H and O–H groups in total. The second-order valence-corrected chi connectivity index (χ2v) is 2.13. The van der Waals surface area contributed by atoms with Crippen LogP contribution >= 0.6 is 11.9 Å². The SMILES string of the molecule is O=CC1=NSCC1.[H-].[Na+]. The smallest absolute Gasteiger partial charge is 1.00 e. The van der Waals surface area contributed by atoms with Crippen LogP contribution in [0.4, 0.5) is 0 Å². The average molecular weight is 139 g/mol.